The fraction of sp³-hybridized carbons (Fsp3) is 0.680. The van der Waals surface area contributed by atoms with E-state index in [2.05, 4.69) is 15.5 Å². The highest BCUT2D eigenvalue weighted by Crippen LogP contribution is 2.27. The van der Waals surface area contributed by atoms with Gasteiger partial charge in [0, 0.05) is 45.7 Å². The summed E-state index contributed by atoms with van der Waals surface area (Å²) in [7, 11) is 0. The van der Waals surface area contributed by atoms with Crippen molar-refractivity contribution in [3.8, 4) is 0 Å². The third-order valence-electron chi connectivity index (χ3n) is 6.90. The molecular formula is C25H37FN4O3. The van der Waals surface area contributed by atoms with Crippen LogP contribution in [0.15, 0.2) is 24.3 Å². The number of amides is 3. The molecule has 0 bridgehead atoms. The lowest BCUT2D eigenvalue weighted by atomic mass is 9.91. The number of hydrogen-bond acceptors (Lipinski definition) is 4. The van der Waals surface area contributed by atoms with Crippen LogP contribution in [0.1, 0.15) is 37.7 Å². The Labute approximate surface area is 196 Å². The molecule has 0 unspecified atom stereocenters. The molecule has 3 fully saturated rings. The monoisotopic (exact) mass is 460 g/mol. The molecule has 3 amide bonds. The summed E-state index contributed by atoms with van der Waals surface area (Å²) in [5.74, 6) is 0.862. The number of piperidine rings is 1. The van der Waals surface area contributed by atoms with Crippen molar-refractivity contribution in [1.29, 1.82) is 0 Å². The maximum Gasteiger partial charge on any atom is 0.315 e. The Morgan fingerprint density at radius 2 is 1.82 bits per heavy atom. The van der Waals surface area contributed by atoms with Gasteiger partial charge in [0.15, 0.2) is 0 Å². The lowest BCUT2D eigenvalue weighted by molar-refractivity contribution is -0.133. The minimum atomic E-state index is -0.229. The van der Waals surface area contributed by atoms with Crippen LogP contribution in [0.3, 0.4) is 0 Å². The fourth-order valence-corrected chi connectivity index (χ4v) is 4.80. The van der Waals surface area contributed by atoms with Crippen LogP contribution in [-0.4, -0.2) is 80.3 Å². The molecule has 1 aromatic rings. The second-order valence-electron chi connectivity index (χ2n) is 9.79. The second-order valence-corrected chi connectivity index (χ2v) is 9.79. The highest BCUT2D eigenvalue weighted by Gasteiger charge is 2.28. The van der Waals surface area contributed by atoms with E-state index in [0.717, 1.165) is 44.5 Å². The van der Waals surface area contributed by atoms with Gasteiger partial charge in [0.1, 0.15) is 5.82 Å². The van der Waals surface area contributed by atoms with Crippen molar-refractivity contribution in [1.82, 2.24) is 20.4 Å². The van der Waals surface area contributed by atoms with Crippen LogP contribution < -0.4 is 10.6 Å². The lowest BCUT2D eigenvalue weighted by Gasteiger charge is -2.35. The van der Waals surface area contributed by atoms with Crippen molar-refractivity contribution >= 4 is 11.9 Å². The van der Waals surface area contributed by atoms with Gasteiger partial charge in [0.2, 0.25) is 5.91 Å². The first-order valence-electron chi connectivity index (χ1n) is 12.4. The van der Waals surface area contributed by atoms with Gasteiger partial charge in [-0.1, -0.05) is 12.1 Å². The van der Waals surface area contributed by atoms with Gasteiger partial charge in [0.25, 0.3) is 0 Å². The molecule has 2 saturated heterocycles. The summed E-state index contributed by atoms with van der Waals surface area (Å²) in [6.07, 6.45) is 5.57. The Morgan fingerprint density at radius 1 is 1.06 bits per heavy atom. The smallest absolute Gasteiger partial charge is 0.315 e. The highest BCUT2D eigenvalue weighted by molar-refractivity contribution is 5.79. The van der Waals surface area contributed by atoms with E-state index in [4.69, 9.17) is 4.74 Å². The number of nitrogens with one attached hydrogen (secondary N) is 2. The van der Waals surface area contributed by atoms with Crippen molar-refractivity contribution in [3.05, 3.63) is 35.6 Å². The summed E-state index contributed by atoms with van der Waals surface area (Å²) in [5.41, 5.74) is 1.11. The average molecular weight is 461 g/mol. The number of rotatable bonds is 9. The molecule has 1 saturated carbocycles. The molecule has 33 heavy (non-hydrogen) atoms. The predicted molar refractivity (Wildman–Crippen MR) is 124 cm³/mol. The van der Waals surface area contributed by atoms with E-state index in [1.54, 1.807) is 0 Å². The summed E-state index contributed by atoms with van der Waals surface area (Å²) in [5, 5.41) is 6.02. The van der Waals surface area contributed by atoms with Gasteiger partial charge < -0.3 is 20.3 Å². The molecule has 2 heterocycles. The van der Waals surface area contributed by atoms with Crippen LogP contribution in [0.2, 0.25) is 0 Å². The van der Waals surface area contributed by atoms with Gasteiger partial charge in [-0.15, -0.1) is 0 Å². The van der Waals surface area contributed by atoms with Gasteiger partial charge >= 0.3 is 6.03 Å². The Morgan fingerprint density at radius 3 is 2.55 bits per heavy atom. The van der Waals surface area contributed by atoms with Crippen molar-refractivity contribution in [2.24, 2.45) is 11.8 Å². The van der Waals surface area contributed by atoms with Crippen molar-refractivity contribution in [3.63, 3.8) is 0 Å². The molecular weight excluding hydrogens is 423 g/mol. The topological polar surface area (TPSA) is 73.9 Å². The van der Waals surface area contributed by atoms with Gasteiger partial charge in [-0.05, 0) is 61.6 Å². The first-order valence-corrected chi connectivity index (χ1v) is 12.4. The summed E-state index contributed by atoms with van der Waals surface area (Å²) in [6.45, 7) is 5.85. The highest BCUT2D eigenvalue weighted by atomic mass is 19.1. The zero-order valence-corrected chi connectivity index (χ0v) is 19.4. The van der Waals surface area contributed by atoms with Crippen molar-refractivity contribution in [2.45, 2.75) is 44.6 Å². The Balaban J connectivity index is 1.30. The number of hydrogen-bond donors (Lipinski definition) is 2. The molecule has 7 nitrogen and oxygen atoms in total. The Hall–Kier alpha value is -2.19. The second kappa shape index (κ2) is 11.8. The van der Waals surface area contributed by atoms with Gasteiger partial charge in [-0.25, -0.2) is 9.18 Å². The van der Waals surface area contributed by atoms with E-state index >= 15 is 0 Å². The predicted octanol–water partition coefficient (Wildman–Crippen LogP) is 2.41. The first kappa shape index (κ1) is 24.0. The van der Waals surface area contributed by atoms with Crippen LogP contribution >= 0.6 is 0 Å². The van der Waals surface area contributed by atoms with Crippen molar-refractivity contribution in [2.75, 3.05) is 52.5 Å². The number of benzene rings is 1. The summed E-state index contributed by atoms with van der Waals surface area (Å²) in [6, 6.07) is 6.25. The maximum absolute atomic E-state index is 13.2. The Kier molecular flexibility index (Phi) is 8.56. The molecule has 8 heteroatoms. The molecule has 2 N–H and O–H groups in total. The summed E-state index contributed by atoms with van der Waals surface area (Å²) in [4.78, 5) is 29.9. The summed E-state index contributed by atoms with van der Waals surface area (Å²) >= 11 is 0. The molecule has 182 valence electrons. The van der Waals surface area contributed by atoms with Crippen LogP contribution in [0.4, 0.5) is 9.18 Å². The van der Waals surface area contributed by atoms with E-state index in [0.29, 0.717) is 51.1 Å². The first-order chi connectivity index (χ1) is 16.0. The Bertz CT molecular complexity index is 780. The molecule has 2 atom stereocenters. The number of nitrogens with zero attached hydrogens (tertiary/aromatic N) is 2. The standard InChI is InChI=1S/C25H37FN4O3/c26-22-7-5-19(6-8-22)14-21-2-1-9-30(17-21)24(31)15-23(18-29-10-12-33-13-11-29)28-25(32)27-16-20-3-4-20/h5-8,20-21,23H,1-4,9-18H2,(H2,27,28,32)/t21-,23-/m0/s1. The SMILES string of the molecule is O=C(NCC1CC1)N[C@@H](CC(=O)N1CCC[C@@H](Cc2ccc(F)cc2)C1)CN1CCOCC1. The third kappa shape index (κ3) is 7.96. The van der Waals surface area contributed by atoms with E-state index in [1.807, 2.05) is 17.0 Å². The lowest BCUT2D eigenvalue weighted by Crippen LogP contribution is -2.52. The number of carbonyl (C=O) groups is 2. The minimum absolute atomic E-state index is 0.0968. The molecule has 0 aromatic heterocycles. The van der Waals surface area contributed by atoms with E-state index in [1.165, 1.54) is 25.0 Å². The van der Waals surface area contributed by atoms with Crippen LogP contribution in [-0.2, 0) is 16.0 Å². The minimum Gasteiger partial charge on any atom is -0.379 e. The van der Waals surface area contributed by atoms with Gasteiger partial charge in [0.05, 0.1) is 19.3 Å². The van der Waals surface area contributed by atoms with Crippen molar-refractivity contribution < 1.29 is 18.7 Å². The zero-order chi connectivity index (χ0) is 23.0. The van der Waals surface area contributed by atoms with E-state index < -0.39 is 0 Å². The number of morpholine rings is 1. The molecule has 0 spiro atoms. The number of likely N-dealkylation sites (tertiary alicyclic amines) is 1. The average Bonchev–Trinajstić information content (AvgIpc) is 3.65. The normalized spacial score (nSPS) is 22.6. The quantitative estimate of drug-likeness (QED) is 0.594. The molecule has 1 aliphatic carbocycles. The van der Waals surface area contributed by atoms with Crippen LogP contribution in [0, 0.1) is 17.7 Å². The molecule has 3 aliphatic rings. The molecule has 0 radical (unpaired) electrons. The molecule has 1 aromatic carbocycles. The fourth-order valence-electron chi connectivity index (χ4n) is 4.80. The summed E-state index contributed by atoms with van der Waals surface area (Å²) < 4.78 is 18.6. The number of ether oxygens (including phenoxy) is 1. The molecule has 2 aliphatic heterocycles. The van der Waals surface area contributed by atoms with Gasteiger partial charge in [-0.3, -0.25) is 9.69 Å². The maximum atomic E-state index is 13.2. The third-order valence-corrected chi connectivity index (χ3v) is 6.90. The number of urea groups is 1. The number of halogens is 1. The van der Waals surface area contributed by atoms with E-state index in [9.17, 15) is 14.0 Å². The number of carbonyl (C=O) groups excluding carboxylic acids is 2. The van der Waals surface area contributed by atoms with E-state index in [-0.39, 0.29) is 23.8 Å². The van der Waals surface area contributed by atoms with Crippen LogP contribution in [0.5, 0.6) is 0 Å². The van der Waals surface area contributed by atoms with Gasteiger partial charge in [-0.2, -0.15) is 0 Å². The zero-order valence-electron chi connectivity index (χ0n) is 19.4. The molecule has 4 rings (SSSR count). The largest absolute Gasteiger partial charge is 0.379 e. The van der Waals surface area contributed by atoms with Crippen LogP contribution in [0.25, 0.3) is 0 Å².